The van der Waals surface area contributed by atoms with Crippen LogP contribution in [-0.4, -0.2) is 36.7 Å². The van der Waals surface area contributed by atoms with E-state index in [0.29, 0.717) is 13.0 Å². The van der Waals surface area contributed by atoms with Crippen molar-refractivity contribution < 1.29 is 4.39 Å². The van der Waals surface area contributed by atoms with Gasteiger partial charge < -0.3 is 5.73 Å². The van der Waals surface area contributed by atoms with Gasteiger partial charge in [-0.25, -0.2) is 4.39 Å². The highest BCUT2D eigenvalue weighted by Gasteiger charge is 2.22. The van der Waals surface area contributed by atoms with Crippen molar-refractivity contribution >= 4 is 0 Å². The van der Waals surface area contributed by atoms with Gasteiger partial charge in [0.15, 0.2) is 0 Å². The molecule has 66 valence electrons. The lowest BCUT2D eigenvalue weighted by Gasteiger charge is -2.18. The fourth-order valence-electron chi connectivity index (χ4n) is 1.41. The Balaban J connectivity index is 2.17. The highest BCUT2D eigenvalue weighted by atomic mass is 19.1. The Labute approximate surface area is 67.6 Å². The second kappa shape index (κ2) is 4.02. The van der Waals surface area contributed by atoms with Gasteiger partial charge in [0.05, 0.1) is 0 Å². The summed E-state index contributed by atoms with van der Waals surface area (Å²) in [7, 11) is 0. The van der Waals surface area contributed by atoms with Crippen LogP contribution in [-0.2, 0) is 0 Å². The van der Waals surface area contributed by atoms with Crippen LogP contribution in [0.1, 0.15) is 19.8 Å². The molecule has 2 atom stereocenters. The lowest BCUT2D eigenvalue weighted by atomic mass is 10.2. The molecular weight excluding hydrogens is 143 g/mol. The van der Waals surface area contributed by atoms with Crippen LogP contribution >= 0.6 is 0 Å². The Morgan fingerprint density at radius 3 is 2.91 bits per heavy atom. The SMILES string of the molecule is CC[C@H](N)CN1CCC(F)C1. The van der Waals surface area contributed by atoms with Crippen molar-refractivity contribution in [2.75, 3.05) is 19.6 Å². The topological polar surface area (TPSA) is 29.3 Å². The number of rotatable bonds is 3. The van der Waals surface area contributed by atoms with Crippen LogP contribution in [0.25, 0.3) is 0 Å². The van der Waals surface area contributed by atoms with Crippen LogP contribution in [0.3, 0.4) is 0 Å². The summed E-state index contributed by atoms with van der Waals surface area (Å²) in [5.41, 5.74) is 5.73. The maximum absolute atomic E-state index is 12.6. The van der Waals surface area contributed by atoms with Gasteiger partial charge in [0.25, 0.3) is 0 Å². The lowest BCUT2D eigenvalue weighted by molar-refractivity contribution is 0.273. The van der Waals surface area contributed by atoms with E-state index in [1.54, 1.807) is 0 Å². The van der Waals surface area contributed by atoms with Crippen LogP contribution in [0.4, 0.5) is 4.39 Å². The van der Waals surface area contributed by atoms with E-state index in [4.69, 9.17) is 5.73 Å². The molecule has 1 aliphatic rings. The molecular formula is C8H17FN2. The molecule has 0 aromatic carbocycles. The first kappa shape index (κ1) is 8.94. The van der Waals surface area contributed by atoms with E-state index in [0.717, 1.165) is 19.5 Å². The first-order valence-corrected chi connectivity index (χ1v) is 4.34. The molecule has 0 saturated carbocycles. The van der Waals surface area contributed by atoms with E-state index in [9.17, 15) is 4.39 Å². The minimum Gasteiger partial charge on any atom is -0.327 e. The average molecular weight is 160 g/mol. The predicted octanol–water partition coefficient (Wildman–Crippen LogP) is 0.767. The molecule has 3 heteroatoms. The Morgan fingerprint density at radius 2 is 2.45 bits per heavy atom. The maximum Gasteiger partial charge on any atom is 0.114 e. The number of likely N-dealkylation sites (tertiary alicyclic amines) is 1. The summed E-state index contributed by atoms with van der Waals surface area (Å²) in [6.45, 7) is 4.40. The summed E-state index contributed by atoms with van der Waals surface area (Å²) < 4.78 is 12.6. The molecule has 0 aliphatic carbocycles. The van der Waals surface area contributed by atoms with Crippen molar-refractivity contribution in [2.45, 2.75) is 32.0 Å². The Hall–Kier alpha value is -0.150. The van der Waals surface area contributed by atoms with Gasteiger partial charge >= 0.3 is 0 Å². The highest BCUT2D eigenvalue weighted by molar-refractivity contribution is 4.77. The summed E-state index contributed by atoms with van der Waals surface area (Å²) in [5, 5.41) is 0. The van der Waals surface area contributed by atoms with E-state index in [1.165, 1.54) is 0 Å². The summed E-state index contributed by atoms with van der Waals surface area (Å²) >= 11 is 0. The second-order valence-electron chi connectivity index (χ2n) is 3.31. The number of alkyl halides is 1. The second-order valence-corrected chi connectivity index (χ2v) is 3.31. The molecule has 0 aromatic rings. The van der Waals surface area contributed by atoms with Crippen molar-refractivity contribution in [1.29, 1.82) is 0 Å². The quantitative estimate of drug-likeness (QED) is 0.660. The van der Waals surface area contributed by atoms with Crippen molar-refractivity contribution in [3.05, 3.63) is 0 Å². The van der Waals surface area contributed by atoms with E-state index < -0.39 is 6.17 Å². The van der Waals surface area contributed by atoms with Gasteiger partial charge in [-0.3, -0.25) is 4.90 Å². The third-order valence-electron chi connectivity index (χ3n) is 2.23. The van der Waals surface area contributed by atoms with Crippen LogP contribution < -0.4 is 5.73 Å². The Kier molecular flexibility index (Phi) is 3.27. The summed E-state index contributed by atoms with van der Waals surface area (Å²) in [6, 6.07) is 0.222. The lowest BCUT2D eigenvalue weighted by Crippen LogP contribution is -2.35. The molecule has 1 unspecified atom stereocenters. The predicted molar refractivity (Wildman–Crippen MR) is 44.2 cm³/mol. The van der Waals surface area contributed by atoms with Crippen LogP contribution in [0.15, 0.2) is 0 Å². The fraction of sp³-hybridized carbons (Fsp3) is 1.00. The number of hydrogen-bond acceptors (Lipinski definition) is 2. The minimum atomic E-state index is -0.612. The molecule has 1 saturated heterocycles. The maximum atomic E-state index is 12.6. The van der Waals surface area contributed by atoms with Crippen LogP contribution in [0.5, 0.6) is 0 Å². The normalized spacial score (nSPS) is 29.2. The Morgan fingerprint density at radius 1 is 1.73 bits per heavy atom. The van der Waals surface area contributed by atoms with Crippen molar-refractivity contribution in [3.8, 4) is 0 Å². The molecule has 0 bridgehead atoms. The molecule has 2 nitrogen and oxygen atoms in total. The van der Waals surface area contributed by atoms with Gasteiger partial charge in [0, 0.05) is 25.7 Å². The first-order chi connectivity index (χ1) is 5.22. The zero-order chi connectivity index (χ0) is 8.27. The van der Waals surface area contributed by atoms with E-state index in [1.807, 2.05) is 0 Å². The van der Waals surface area contributed by atoms with Gasteiger partial charge in [0.2, 0.25) is 0 Å². The Bertz CT molecular complexity index is 119. The standard InChI is InChI=1S/C8H17FN2/c1-2-8(10)6-11-4-3-7(9)5-11/h7-8H,2-6,10H2,1H3/t7?,8-/m0/s1. The molecule has 1 heterocycles. The molecule has 0 radical (unpaired) electrons. The molecule has 0 spiro atoms. The average Bonchev–Trinajstić information content (AvgIpc) is 2.35. The molecule has 11 heavy (non-hydrogen) atoms. The number of nitrogens with zero attached hydrogens (tertiary/aromatic N) is 1. The third-order valence-corrected chi connectivity index (χ3v) is 2.23. The zero-order valence-electron chi connectivity index (χ0n) is 7.09. The molecule has 0 aromatic heterocycles. The summed E-state index contributed by atoms with van der Waals surface area (Å²) in [5.74, 6) is 0. The highest BCUT2D eigenvalue weighted by Crippen LogP contribution is 2.12. The largest absolute Gasteiger partial charge is 0.327 e. The zero-order valence-corrected chi connectivity index (χ0v) is 7.09. The smallest absolute Gasteiger partial charge is 0.114 e. The van der Waals surface area contributed by atoms with Gasteiger partial charge in [-0.05, 0) is 12.8 Å². The van der Waals surface area contributed by atoms with Crippen molar-refractivity contribution in [1.82, 2.24) is 4.90 Å². The monoisotopic (exact) mass is 160 g/mol. The fourth-order valence-corrected chi connectivity index (χ4v) is 1.41. The van der Waals surface area contributed by atoms with Gasteiger partial charge in [0.1, 0.15) is 6.17 Å². The van der Waals surface area contributed by atoms with Crippen LogP contribution in [0.2, 0.25) is 0 Å². The van der Waals surface area contributed by atoms with Gasteiger partial charge in [-0.15, -0.1) is 0 Å². The number of halogens is 1. The van der Waals surface area contributed by atoms with Gasteiger partial charge in [-0.1, -0.05) is 6.92 Å². The summed E-state index contributed by atoms with van der Waals surface area (Å²) in [4.78, 5) is 2.11. The van der Waals surface area contributed by atoms with Crippen molar-refractivity contribution in [3.63, 3.8) is 0 Å². The molecule has 1 fully saturated rings. The van der Waals surface area contributed by atoms with E-state index >= 15 is 0 Å². The molecule has 1 rings (SSSR count). The molecule has 2 N–H and O–H groups in total. The number of nitrogens with two attached hydrogens (primary N) is 1. The van der Waals surface area contributed by atoms with E-state index in [2.05, 4.69) is 11.8 Å². The first-order valence-electron chi connectivity index (χ1n) is 4.34. The molecule has 1 aliphatic heterocycles. The van der Waals surface area contributed by atoms with E-state index in [-0.39, 0.29) is 6.04 Å². The van der Waals surface area contributed by atoms with Gasteiger partial charge in [-0.2, -0.15) is 0 Å². The third kappa shape index (κ3) is 2.75. The molecule has 0 amide bonds. The van der Waals surface area contributed by atoms with Crippen molar-refractivity contribution in [2.24, 2.45) is 5.73 Å². The summed E-state index contributed by atoms with van der Waals surface area (Å²) in [6.07, 6.45) is 1.06. The van der Waals surface area contributed by atoms with Crippen LogP contribution in [0, 0.1) is 0 Å². The number of hydrogen-bond donors (Lipinski definition) is 1. The minimum absolute atomic E-state index is 0.222.